The van der Waals surface area contributed by atoms with Crippen LogP contribution in [0, 0.1) is 5.41 Å². The monoisotopic (exact) mass is 475 g/mol. The minimum Gasteiger partial charge on any atom is -0.508 e. The highest BCUT2D eigenvalue weighted by Gasteiger charge is 2.46. The maximum atomic E-state index is 9.94. The Labute approximate surface area is 204 Å². The second-order valence-electron chi connectivity index (χ2n) is 9.78. The van der Waals surface area contributed by atoms with E-state index in [0.29, 0.717) is 12.0 Å². The molecule has 3 aliphatic rings. The van der Waals surface area contributed by atoms with Crippen LogP contribution in [-0.2, 0) is 0 Å². The summed E-state index contributed by atoms with van der Waals surface area (Å²) in [5, 5.41) is 19.7. The van der Waals surface area contributed by atoms with E-state index >= 15 is 0 Å². The molecule has 2 atom stereocenters. The van der Waals surface area contributed by atoms with Gasteiger partial charge >= 0.3 is 0 Å². The Morgan fingerprint density at radius 1 is 0.912 bits per heavy atom. The van der Waals surface area contributed by atoms with Crippen LogP contribution in [0.3, 0.4) is 0 Å². The molecule has 1 saturated heterocycles. The molecule has 3 aromatic rings. The Hall–Kier alpha value is -2.83. The van der Waals surface area contributed by atoms with Crippen molar-refractivity contribution >= 4 is 11.8 Å². The molecule has 34 heavy (non-hydrogen) atoms. The predicted molar refractivity (Wildman–Crippen MR) is 133 cm³/mol. The minimum absolute atomic E-state index is 0.0214. The van der Waals surface area contributed by atoms with Gasteiger partial charge in [-0.3, -0.25) is 4.90 Å². The van der Waals surface area contributed by atoms with Crippen LogP contribution < -0.4 is 9.47 Å². The fourth-order valence-corrected chi connectivity index (χ4v) is 6.66. The third-order valence-corrected chi connectivity index (χ3v) is 8.70. The van der Waals surface area contributed by atoms with Gasteiger partial charge in [0.05, 0.1) is 10.1 Å². The number of nitrogens with zero attached hydrogens (tertiary/aromatic N) is 1. The lowest BCUT2D eigenvalue weighted by Crippen LogP contribution is -2.60. The number of hydrogen-bond donors (Lipinski definition) is 2. The van der Waals surface area contributed by atoms with Crippen LogP contribution in [-0.4, -0.2) is 41.4 Å². The zero-order chi connectivity index (χ0) is 23.1. The molecule has 2 N–H and O–H groups in total. The van der Waals surface area contributed by atoms with E-state index in [2.05, 4.69) is 17.0 Å². The molecule has 0 amide bonds. The molecular weight excluding hydrogens is 446 g/mol. The normalized spacial score (nSPS) is 22.8. The summed E-state index contributed by atoms with van der Waals surface area (Å²) < 4.78 is 12.5. The van der Waals surface area contributed by atoms with Crippen LogP contribution in [0.25, 0.3) is 0 Å². The molecule has 0 unspecified atom stereocenters. The highest BCUT2D eigenvalue weighted by Crippen LogP contribution is 2.54. The fourth-order valence-electron chi connectivity index (χ4n) is 5.33. The first-order chi connectivity index (χ1) is 16.6. The number of hydrogen-bond acceptors (Lipinski definition) is 6. The van der Waals surface area contributed by atoms with Gasteiger partial charge in [0.2, 0.25) is 0 Å². The number of thioether (sulfide) groups is 1. The van der Waals surface area contributed by atoms with Gasteiger partial charge in [-0.2, -0.15) is 0 Å². The maximum Gasteiger partial charge on any atom is 0.140 e. The van der Waals surface area contributed by atoms with E-state index in [4.69, 9.17) is 9.47 Å². The number of aromatic hydroxyl groups is 2. The zero-order valence-corrected chi connectivity index (χ0v) is 19.8. The number of benzene rings is 3. The molecule has 1 aliphatic carbocycles. The molecule has 2 heterocycles. The summed E-state index contributed by atoms with van der Waals surface area (Å²) >= 11 is 1.67. The predicted octanol–water partition coefficient (Wildman–Crippen LogP) is 5.93. The Morgan fingerprint density at radius 2 is 1.62 bits per heavy atom. The number of phenols is 2. The van der Waals surface area contributed by atoms with Gasteiger partial charge < -0.3 is 19.7 Å². The van der Waals surface area contributed by atoms with E-state index in [0.717, 1.165) is 34.1 Å². The highest BCUT2D eigenvalue weighted by molar-refractivity contribution is 7.99. The van der Waals surface area contributed by atoms with Gasteiger partial charge in [-0.05, 0) is 71.8 Å². The van der Waals surface area contributed by atoms with Crippen LogP contribution in [0.1, 0.15) is 41.7 Å². The number of likely N-dealkylation sites (tertiary alicyclic amines) is 1. The maximum absolute atomic E-state index is 9.94. The lowest BCUT2D eigenvalue weighted by molar-refractivity contribution is -0.0636. The van der Waals surface area contributed by atoms with Gasteiger partial charge in [-0.15, -0.1) is 11.8 Å². The van der Waals surface area contributed by atoms with Crippen molar-refractivity contribution in [3.8, 4) is 23.0 Å². The van der Waals surface area contributed by atoms with Crippen molar-refractivity contribution in [1.82, 2.24) is 4.90 Å². The number of phenolic OH excluding ortho intramolecular Hbond substituents is 2. The third-order valence-electron chi connectivity index (χ3n) is 7.35. The molecule has 3 aromatic carbocycles. The topological polar surface area (TPSA) is 62.2 Å². The van der Waals surface area contributed by atoms with Crippen molar-refractivity contribution in [3.63, 3.8) is 0 Å². The van der Waals surface area contributed by atoms with Crippen molar-refractivity contribution < 1.29 is 19.7 Å². The van der Waals surface area contributed by atoms with E-state index in [-0.39, 0.29) is 22.9 Å². The number of fused-ring (bicyclic) bond motifs is 1. The van der Waals surface area contributed by atoms with Gasteiger partial charge in [0.25, 0.3) is 0 Å². The SMILES string of the molecule is Oc1ccc([C@H]2Sc3cc(O)ccc3O[C@H]2c2ccc(OCCN3CC4(CCC4)C3)cc2)cc1. The van der Waals surface area contributed by atoms with Crippen molar-refractivity contribution in [1.29, 1.82) is 0 Å². The Kier molecular flexibility index (Phi) is 5.58. The van der Waals surface area contributed by atoms with Gasteiger partial charge in [0.15, 0.2) is 0 Å². The summed E-state index contributed by atoms with van der Waals surface area (Å²) in [5.74, 6) is 2.10. The standard InChI is InChI=1S/C28H29NO4S/c30-21-6-2-20(3-7-21)27-26(33-24-11-8-22(31)16-25(24)34-27)19-4-9-23(10-5-19)32-15-14-29-17-28(18-29)12-1-13-28/h2-11,16,26-27,30-31H,1,12-15,17-18H2/t26-,27+/m0/s1. The van der Waals surface area contributed by atoms with Gasteiger partial charge in [-0.25, -0.2) is 0 Å². The lowest BCUT2D eigenvalue weighted by Gasteiger charge is -2.56. The lowest BCUT2D eigenvalue weighted by atomic mass is 9.63. The first-order valence-corrected chi connectivity index (χ1v) is 12.9. The van der Waals surface area contributed by atoms with Crippen molar-refractivity contribution in [3.05, 3.63) is 77.9 Å². The molecule has 0 aromatic heterocycles. The summed E-state index contributed by atoms with van der Waals surface area (Å²) in [6.45, 7) is 4.17. The Morgan fingerprint density at radius 3 is 2.32 bits per heavy atom. The summed E-state index contributed by atoms with van der Waals surface area (Å²) in [4.78, 5) is 3.40. The molecule has 5 nitrogen and oxygen atoms in total. The average molecular weight is 476 g/mol. The van der Waals surface area contributed by atoms with Crippen LogP contribution in [0.4, 0.5) is 0 Å². The molecule has 0 radical (unpaired) electrons. The third kappa shape index (κ3) is 4.21. The van der Waals surface area contributed by atoms with Crippen LogP contribution in [0.15, 0.2) is 71.6 Å². The largest absolute Gasteiger partial charge is 0.508 e. The van der Waals surface area contributed by atoms with Gasteiger partial charge in [0, 0.05) is 19.6 Å². The van der Waals surface area contributed by atoms with Crippen LogP contribution >= 0.6 is 11.8 Å². The molecular formula is C28H29NO4S. The van der Waals surface area contributed by atoms with Crippen molar-refractivity contribution in [2.45, 2.75) is 35.5 Å². The Balaban J connectivity index is 1.15. The van der Waals surface area contributed by atoms with E-state index in [1.165, 1.54) is 32.4 Å². The summed E-state index contributed by atoms with van der Waals surface area (Å²) in [6, 6.07) is 20.7. The molecule has 1 saturated carbocycles. The van der Waals surface area contributed by atoms with Gasteiger partial charge in [0.1, 0.15) is 35.7 Å². The average Bonchev–Trinajstić information content (AvgIpc) is 2.79. The first kappa shape index (κ1) is 21.7. The molecule has 0 bridgehead atoms. The Bertz CT molecular complexity index is 1150. The molecule has 1 spiro atoms. The molecule has 6 rings (SSSR count). The smallest absolute Gasteiger partial charge is 0.140 e. The highest BCUT2D eigenvalue weighted by atomic mass is 32.2. The second kappa shape index (κ2) is 8.75. The number of ether oxygens (including phenoxy) is 2. The quantitative estimate of drug-likeness (QED) is 0.461. The van der Waals surface area contributed by atoms with E-state index < -0.39 is 0 Å². The minimum atomic E-state index is -0.208. The number of rotatable bonds is 6. The molecule has 2 aliphatic heterocycles. The zero-order valence-electron chi connectivity index (χ0n) is 19.0. The van der Waals surface area contributed by atoms with Crippen LogP contribution in [0.5, 0.6) is 23.0 Å². The van der Waals surface area contributed by atoms with E-state index in [1.807, 2.05) is 30.3 Å². The summed E-state index contributed by atoms with van der Waals surface area (Å²) in [7, 11) is 0. The summed E-state index contributed by atoms with van der Waals surface area (Å²) in [6.07, 6.45) is 4.01. The fraction of sp³-hybridized carbons (Fsp3) is 0.357. The van der Waals surface area contributed by atoms with Crippen molar-refractivity contribution in [2.24, 2.45) is 5.41 Å². The second-order valence-corrected chi connectivity index (χ2v) is 11.0. The molecule has 2 fully saturated rings. The van der Waals surface area contributed by atoms with Gasteiger partial charge in [-0.1, -0.05) is 30.7 Å². The molecule has 176 valence electrons. The van der Waals surface area contributed by atoms with E-state index in [1.54, 1.807) is 36.0 Å². The molecule has 6 heteroatoms. The van der Waals surface area contributed by atoms with E-state index in [9.17, 15) is 10.2 Å². The summed E-state index contributed by atoms with van der Waals surface area (Å²) in [5.41, 5.74) is 2.78. The van der Waals surface area contributed by atoms with Crippen LogP contribution in [0.2, 0.25) is 0 Å². The first-order valence-electron chi connectivity index (χ1n) is 12.0. The van der Waals surface area contributed by atoms with Crippen molar-refractivity contribution in [2.75, 3.05) is 26.2 Å².